The van der Waals surface area contributed by atoms with Gasteiger partial charge in [0.1, 0.15) is 0 Å². The molecule has 0 saturated carbocycles. The first-order chi connectivity index (χ1) is 10.9. The van der Waals surface area contributed by atoms with Crippen LogP contribution < -0.4 is 5.32 Å². The highest BCUT2D eigenvalue weighted by Crippen LogP contribution is 2.25. The third kappa shape index (κ3) is 3.31. The summed E-state index contributed by atoms with van der Waals surface area (Å²) in [5, 5.41) is 2.76. The molecular formula is C15H22N2O4S2. The molecule has 2 heterocycles. The molecule has 0 radical (unpaired) electrons. The molecule has 6 nitrogen and oxygen atoms in total. The van der Waals surface area contributed by atoms with E-state index < -0.39 is 19.9 Å². The number of nitrogens with zero attached hydrogens (tertiary/aromatic N) is 1. The van der Waals surface area contributed by atoms with Crippen LogP contribution in [0.15, 0.2) is 34.1 Å². The molecule has 0 spiro atoms. The van der Waals surface area contributed by atoms with Gasteiger partial charge in [0.15, 0.2) is 9.84 Å². The lowest BCUT2D eigenvalue weighted by Gasteiger charge is -2.23. The van der Waals surface area contributed by atoms with Crippen molar-refractivity contribution in [2.75, 3.05) is 26.2 Å². The molecule has 2 aliphatic rings. The van der Waals surface area contributed by atoms with Crippen LogP contribution in [0.25, 0.3) is 0 Å². The Bertz CT molecular complexity index is 745. The van der Waals surface area contributed by atoms with E-state index in [1.807, 2.05) is 0 Å². The van der Waals surface area contributed by atoms with Gasteiger partial charge in [-0.2, -0.15) is 4.31 Å². The van der Waals surface area contributed by atoms with Gasteiger partial charge in [-0.3, -0.25) is 0 Å². The summed E-state index contributed by atoms with van der Waals surface area (Å²) in [6.07, 6.45) is 2.94. The molecule has 2 saturated heterocycles. The fraction of sp³-hybridized carbons (Fsp3) is 0.600. The van der Waals surface area contributed by atoms with Gasteiger partial charge in [-0.05, 0) is 63.0 Å². The molecular weight excluding hydrogens is 336 g/mol. The van der Waals surface area contributed by atoms with Crippen LogP contribution in [0.1, 0.15) is 25.7 Å². The maximum atomic E-state index is 12.6. The lowest BCUT2D eigenvalue weighted by molar-refractivity contribution is 0.477. The predicted octanol–water partition coefficient (Wildman–Crippen LogP) is 0.997. The minimum Gasteiger partial charge on any atom is -0.317 e. The van der Waals surface area contributed by atoms with Crippen molar-refractivity contribution in [3.05, 3.63) is 24.3 Å². The van der Waals surface area contributed by atoms with Crippen molar-refractivity contribution >= 4 is 19.9 Å². The van der Waals surface area contributed by atoms with Crippen LogP contribution in [0.3, 0.4) is 0 Å². The highest BCUT2D eigenvalue weighted by Gasteiger charge is 2.30. The average Bonchev–Trinajstić information content (AvgIpc) is 3.11. The molecule has 128 valence electrons. The van der Waals surface area contributed by atoms with E-state index in [9.17, 15) is 16.8 Å². The van der Waals surface area contributed by atoms with Gasteiger partial charge >= 0.3 is 0 Å². The van der Waals surface area contributed by atoms with Gasteiger partial charge in [-0.25, -0.2) is 16.8 Å². The Balaban J connectivity index is 1.84. The SMILES string of the molecule is O=S(=O)(c1ccc(S(=O)(=O)N2CCCC2)cc1)C1CCNCC1. The van der Waals surface area contributed by atoms with Crippen molar-refractivity contribution < 1.29 is 16.8 Å². The van der Waals surface area contributed by atoms with Crippen LogP contribution in [0.5, 0.6) is 0 Å². The number of sulfonamides is 1. The first kappa shape index (κ1) is 16.9. The smallest absolute Gasteiger partial charge is 0.243 e. The highest BCUT2D eigenvalue weighted by atomic mass is 32.2. The molecule has 23 heavy (non-hydrogen) atoms. The summed E-state index contributed by atoms with van der Waals surface area (Å²) in [7, 11) is -6.89. The summed E-state index contributed by atoms with van der Waals surface area (Å²) in [4.78, 5) is 0.383. The molecule has 0 amide bonds. The van der Waals surface area contributed by atoms with E-state index in [1.54, 1.807) is 0 Å². The van der Waals surface area contributed by atoms with Crippen LogP contribution in [-0.2, 0) is 19.9 Å². The number of hydrogen-bond acceptors (Lipinski definition) is 5. The Morgan fingerprint density at radius 2 is 1.39 bits per heavy atom. The van der Waals surface area contributed by atoms with Crippen LogP contribution >= 0.6 is 0 Å². The van der Waals surface area contributed by atoms with Crippen LogP contribution in [-0.4, -0.2) is 52.6 Å². The second-order valence-electron chi connectivity index (χ2n) is 6.08. The molecule has 0 aliphatic carbocycles. The molecule has 0 aromatic heterocycles. The van der Waals surface area contributed by atoms with Gasteiger partial charge in [0, 0.05) is 13.1 Å². The van der Waals surface area contributed by atoms with Gasteiger partial charge in [0.25, 0.3) is 0 Å². The molecule has 0 unspecified atom stereocenters. The number of piperidine rings is 1. The standard InChI is InChI=1S/C15H22N2O4S2/c18-22(19,14-7-9-16-10-8-14)13-3-5-15(6-4-13)23(20,21)17-11-1-2-12-17/h3-6,14,16H,1-2,7-12H2. The number of nitrogens with one attached hydrogen (secondary N) is 1. The fourth-order valence-corrected chi connectivity index (χ4v) is 6.45. The maximum Gasteiger partial charge on any atom is 0.243 e. The Hall–Kier alpha value is -0.960. The number of hydrogen-bond donors (Lipinski definition) is 1. The van der Waals surface area contributed by atoms with Crippen molar-refractivity contribution in [2.45, 2.75) is 40.7 Å². The molecule has 8 heteroatoms. The minimum atomic E-state index is -3.50. The fourth-order valence-electron chi connectivity index (χ4n) is 3.18. The molecule has 0 atom stereocenters. The summed E-state index contributed by atoms with van der Waals surface area (Å²) in [6, 6.07) is 5.70. The van der Waals surface area contributed by atoms with Crippen LogP contribution in [0.2, 0.25) is 0 Å². The van der Waals surface area contributed by atoms with Crippen molar-refractivity contribution in [3.63, 3.8) is 0 Å². The van der Waals surface area contributed by atoms with Gasteiger partial charge in [-0.15, -0.1) is 0 Å². The van der Waals surface area contributed by atoms with Crippen molar-refractivity contribution in [1.29, 1.82) is 0 Å². The molecule has 1 aromatic carbocycles. The zero-order chi connectivity index (χ0) is 16.5. The molecule has 1 aromatic rings. The van der Waals surface area contributed by atoms with Gasteiger partial charge in [-0.1, -0.05) is 0 Å². The summed E-state index contributed by atoms with van der Waals surface area (Å²) < 4.78 is 51.6. The van der Waals surface area contributed by atoms with Gasteiger partial charge in [0.2, 0.25) is 10.0 Å². The number of sulfone groups is 1. The quantitative estimate of drug-likeness (QED) is 0.868. The van der Waals surface area contributed by atoms with E-state index in [1.165, 1.54) is 28.6 Å². The zero-order valence-corrected chi connectivity index (χ0v) is 14.6. The molecule has 2 fully saturated rings. The average molecular weight is 358 g/mol. The molecule has 3 rings (SSSR count). The number of rotatable bonds is 4. The third-order valence-corrected chi connectivity index (χ3v) is 8.77. The second-order valence-corrected chi connectivity index (χ2v) is 10.2. The monoisotopic (exact) mass is 358 g/mol. The van der Waals surface area contributed by atoms with E-state index in [4.69, 9.17) is 0 Å². The van der Waals surface area contributed by atoms with E-state index in [0.717, 1.165) is 12.8 Å². The van der Waals surface area contributed by atoms with Crippen molar-refractivity contribution in [3.8, 4) is 0 Å². The molecule has 1 N–H and O–H groups in total. The lowest BCUT2D eigenvalue weighted by atomic mass is 10.2. The van der Waals surface area contributed by atoms with Crippen LogP contribution in [0, 0.1) is 0 Å². The van der Waals surface area contributed by atoms with Gasteiger partial charge in [0.05, 0.1) is 15.0 Å². The normalized spacial score (nSPS) is 21.6. The third-order valence-electron chi connectivity index (χ3n) is 4.58. The van der Waals surface area contributed by atoms with Crippen LogP contribution in [0.4, 0.5) is 0 Å². The van der Waals surface area contributed by atoms with Gasteiger partial charge < -0.3 is 5.32 Å². The largest absolute Gasteiger partial charge is 0.317 e. The highest BCUT2D eigenvalue weighted by molar-refractivity contribution is 7.92. The van der Waals surface area contributed by atoms with E-state index in [-0.39, 0.29) is 15.0 Å². The summed E-state index contributed by atoms with van der Waals surface area (Å²) in [5.41, 5.74) is 0. The predicted molar refractivity (Wildman–Crippen MR) is 87.5 cm³/mol. The Kier molecular flexibility index (Phi) is 4.78. The minimum absolute atomic E-state index is 0.170. The zero-order valence-electron chi connectivity index (χ0n) is 12.9. The summed E-state index contributed by atoms with van der Waals surface area (Å²) in [5.74, 6) is 0. The molecule has 0 bridgehead atoms. The maximum absolute atomic E-state index is 12.6. The Labute approximate surface area is 137 Å². The van der Waals surface area contributed by atoms with E-state index in [0.29, 0.717) is 39.0 Å². The Morgan fingerprint density at radius 1 is 0.870 bits per heavy atom. The Morgan fingerprint density at radius 3 is 1.96 bits per heavy atom. The summed E-state index contributed by atoms with van der Waals surface area (Å²) in [6.45, 7) is 2.48. The first-order valence-corrected chi connectivity index (χ1v) is 11.0. The van der Waals surface area contributed by atoms with Crippen molar-refractivity contribution in [2.24, 2.45) is 0 Å². The molecule has 2 aliphatic heterocycles. The van der Waals surface area contributed by atoms with Crippen molar-refractivity contribution in [1.82, 2.24) is 9.62 Å². The lowest BCUT2D eigenvalue weighted by Crippen LogP contribution is -2.35. The van der Waals surface area contributed by atoms with E-state index in [2.05, 4.69) is 5.32 Å². The number of benzene rings is 1. The summed E-state index contributed by atoms with van der Waals surface area (Å²) >= 11 is 0. The topological polar surface area (TPSA) is 83.5 Å². The first-order valence-electron chi connectivity index (χ1n) is 7.97. The second kappa shape index (κ2) is 6.51. The van der Waals surface area contributed by atoms with E-state index >= 15 is 0 Å².